The fourth-order valence-corrected chi connectivity index (χ4v) is 3.41. The molecule has 2 aliphatic rings. The van der Waals surface area contributed by atoms with E-state index in [1.54, 1.807) is 11.8 Å². The zero-order valence-electron chi connectivity index (χ0n) is 11.3. The van der Waals surface area contributed by atoms with Crippen molar-refractivity contribution in [2.24, 2.45) is 11.8 Å². The minimum atomic E-state index is -0.988. The summed E-state index contributed by atoms with van der Waals surface area (Å²) >= 11 is 0. The zero-order chi connectivity index (χ0) is 13.3. The molecular formula is C14H23NO3. The molecule has 1 N–H and O–H groups in total. The molecule has 3 unspecified atom stereocenters. The first kappa shape index (κ1) is 13.4. The average molecular weight is 253 g/mol. The summed E-state index contributed by atoms with van der Waals surface area (Å²) in [6.07, 6.45) is 5.51. The Kier molecular flexibility index (Phi) is 3.64. The first-order valence-electron chi connectivity index (χ1n) is 7.01. The molecule has 1 saturated carbocycles. The highest BCUT2D eigenvalue weighted by atomic mass is 16.4. The second-order valence-electron chi connectivity index (χ2n) is 6.04. The molecule has 0 spiro atoms. The van der Waals surface area contributed by atoms with E-state index >= 15 is 0 Å². The summed E-state index contributed by atoms with van der Waals surface area (Å²) < 4.78 is 0. The van der Waals surface area contributed by atoms with Gasteiger partial charge in [0.05, 0.1) is 0 Å². The summed E-state index contributed by atoms with van der Waals surface area (Å²) in [5.41, 5.74) is -0.988. The molecule has 18 heavy (non-hydrogen) atoms. The maximum Gasteiger partial charge on any atom is 0.329 e. The van der Waals surface area contributed by atoms with Crippen LogP contribution in [-0.4, -0.2) is 34.0 Å². The molecule has 2 rings (SSSR count). The standard InChI is InChI=1S/C14H23NO3/c1-10-6-5-7-11(10)12(16)15-9-4-3-8-14(15,2)13(17)18/h10-11H,3-9H2,1-2H3,(H,17,18). The molecule has 3 atom stereocenters. The topological polar surface area (TPSA) is 57.6 Å². The van der Waals surface area contributed by atoms with E-state index in [0.29, 0.717) is 18.9 Å². The lowest BCUT2D eigenvalue weighted by atomic mass is 9.85. The Morgan fingerprint density at radius 1 is 1.22 bits per heavy atom. The minimum Gasteiger partial charge on any atom is -0.480 e. The summed E-state index contributed by atoms with van der Waals surface area (Å²) in [4.78, 5) is 25.7. The number of piperidine rings is 1. The van der Waals surface area contributed by atoms with Crippen LogP contribution >= 0.6 is 0 Å². The molecule has 1 heterocycles. The van der Waals surface area contributed by atoms with Gasteiger partial charge in [-0.15, -0.1) is 0 Å². The van der Waals surface area contributed by atoms with Gasteiger partial charge in [-0.1, -0.05) is 13.3 Å². The van der Waals surface area contributed by atoms with Crippen LogP contribution in [0.3, 0.4) is 0 Å². The summed E-state index contributed by atoms with van der Waals surface area (Å²) in [5.74, 6) is -0.343. The molecule has 1 saturated heterocycles. The number of carbonyl (C=O) groups excluding carboxylic acids is 1. The Balaban J connectivity index is 2.18. The Bertz CT molecular complexity index is 355. The molecule has 1 aliphatic carbocycles. The van der Waals surface area contributed by atoms with Crippen LogP contribution in [0.5, 0.6) is 0 Å². The Hall–Kier alpha value is -1.06. The van der Waals surface area contributed by atoms with Crippen molar-refractivity contribution < 1.29 is 14.7 Å². The molecule has 4 nitrogen and oxygen atoms in total. The van der Waals surface area contributed by atoms with Crippen molar-refractivity contribution in [3.63, 3.8) is 0 Å². The van der Waals surface area contributed by atoms with E-state index in [1.807, 2.05) is 0 Å². The molecular weight excluding hydrogens is 230 g/mol. The van der Waals surface area contributed by atoms with Crippen LogP contribution < -0.4 is 0 Å². The van der Waals surface area contributed by atoms with Gasteiger partial charge in [0.25, 0.3) is 0 Å². The van der Waals surface area contributed by atoms with Crippen molar-refractivity contribution >= 4 is 11.9 Å². The van der Waals surface area contributed by atoms with Crippen LogP contribution in [-0.2, 0) is 9.59 Å². The van der Waals surface area contributed by atoms with Gasteiger partial charge in [-0.05, 0) is 44.9 Å². The normalized spacial score (nSPS) is 36.7. The van der Waals surface area contributed by atoms with Gasteiger partial charge in [-0.25, -0.2) is 4.79 Å². The lowest BCUT2D eigenvalue weighted by Gasteiger charge is -2.43. The number of nitrogens with zero attached hydrogens (tertiary/aromatic N) is 1. The number of carboxylic acid groups (broad SMARTS) is 1. The van der Waals surface area contributed by atoms with Crippen molar-refractivity contribution in [1.82, 2.24) is 4.90 Å². The largest absolute Gasteiger partial charge is 0.480 e. The van der Waals surface area contributed by atoms with Crippen LogP contribution in [0.15, 0.2) is 0 Å². The Morgan fingerprint density at radius 2 is 1.94 bits per heavy atom. The van der Waals surface area contributed by atoms with Crippen molar-refractivity contribution in [3.8, 4) is 0 Å². The summed E-state index contributed by atoms with van der Waals surface area (Å²) in [7, 11) is 0. The fourth-order valence-electron chi connectivity index (χ4n) is 3.41. The van der Waals surface area contributed by atoms with E-state index in [0.717, 1.165) is 32.1 Å². The monoisotopic (exact) mass is 253 g/mol. The summed E-state index contributed by atoms with van der Waals surface area (Å²) in [6.45, 7) is 4.41. The highest BCUT2D eigenvalue weighted by Crippen LogP contribution is 2.36. The highest BCUT2D eigenvalue weighted by Gasteiger charge is 2.46. The molecule has 0 bridgehead atoms. The molecule has 2 fully saturated rings. The number of hydrogen-bond acceptors (Lipinski definition) is 2. The second-order valence-corrected chi connectivity index (χ2v) is 6.04. The quantitative estimate of drug-likeness (QED) is 0.821. The van der Waals surface area contributed by atoms with Crippen LogP contribution in [0.4, 0.5) is 0 Å². The summed E-state index contributed by atoms with van der Waals surface area (Å²) in [6, 6.07) is 0. The number of carboxylic acids is 1. The van der Waals surface area contributed by atoms with Gasteiger partial charge in [0.2, 0.25) is 5.91 Å². The molecule has 0 aromatic heterocycles. The average Bonchev–Trinajstić information content (AvgIpc) is 2.75. The van der Waals surface area contributed by atoms with E-state index in [9.17, 15) is 14.7 Å². The lowest BCUT2D eigenvalue weighted by Crippen LogP contribution is -2.59. The third kappa shape index (κ3) is 2.13. The van der Waals surface area contributed by atoms with E-state index in [4.69, 9.17) is 0 Å². The van der Waals surface area contributed by atoms with Gasteiger partial charge in [0.15, 0.2) is 0 Å². The number of hydrogen-bond donors (Lipinski definition) is 1. The van der Waals surface area contributed by atoms with Crippen LogP contribution in [0, 0.1) is 11.8 Å². The smallest absolute Gasteiger partial charge is 0.329 e. The van der Waals surface area contributed by atoms with Crippen LogP contribution in [0.1, 0.15) is 52.4 Å². The predicted octanol–water partition coefficient (Wildman–Crippen LogP) is 2.28. The number of carbonyl (C=O) groups is 2. The van der Waals surface area contributed by atoms with Crippen LogP contribution in [0.2, 0.25) is 0 Å². The molecule has 102 valence electrons. The van der Waals surface area contributed by atoms with Crippen molar-refractivity contribution in [3.05, 3.63) is 0 Å². The first-order chi connectivity index (χ1) is 8.47. The van der Waals surface area contributed by atoms with Gasteiger partial charge in [-0.3, -0.25) is 4.79 Å². The first-order valence-corrected chi connectivity index (χ1v) is 7.01. The van der Waals surface area contributed by atoms with Crippen molar-refractivity contribution in [2.45, 2.75) is 57.9 Å². The van der Waals surface area contributed by atoms with Crippen LogP contribution in [0.25, 0.3) is 0 Å². The molecule has 1 amide bonds. The van der Waals surface area contributed by atoms with Crippen molar-refractivity contribution in [2.75, 3.05) is 6.54 Å². The number of aliphatic carboxylic acids is 1. The van der Waals surface area contributed by atoms with E-state index in [1.165, 1.54) is 0 Å². The van der Waals surface area contributed by atoms with Gasteiger partial charge in [-0.2, -0.15) is 0 Å². The molecule has 1 aliphatic heterocycles. The minimum absolute atomic E-state index is 0.0433. The van der Waals surface area contributed by atoms with Gasteiger partial charge in [0, 0.05) is 12.5 Å². The molecule has 4 heteroatoms. The number of amides is 1. The number of rotatable bonds is 2. The third-order valence-electron chi connectivity index (χ3n) is 4.80. The maximum absolute atomic E-state index is 12.6. The van der Waals surface area contributed by atoms with E-state index < -0.39 is 11.5 Å². The van der Waals surface area contributed by atoms with Crippen molar-refractivity contribution in [1.29, 1.82) is 0 Å². The highest BCUT2D eigenvalue weighted by molar-refractivity contribution is 5.88. The SMILES string of the molecule is CC1CCCC1C(=O)N1CCCCC1(C)C(=O)O. The molecule has 0 aromatic carbocycles. The van der Waals surface area contributed by atoms with Gasteiger partial charge in [0.1, 0.15) is 5.54 Å². The Labute approximate surface area is 108 Å². The Morgan fingerprint density at radius 3 is 2.50 bits per heavy atom. The summed E-state index contributed by atoms with van der Waals surface area (Å²) in [5, 5.41) is 9.43. The fraction of sp³-hybridized carbons (Fsp3) is 0.857. The van der Waals surface area contributed by atoms with E-state index in [-0.39, 0.29) is 11.8 Å². The van der Waals surface area contributed by atoms with Gasteiger partial charge < -0.3 is 10.0 Å². The lowest BCUT2D eigenvalue weighted by molar-refractivity contribution is -0.163. The third-order valence-corrected chi connectivity index (χ3v) is 4.80. The zero-order valence-corrected chi connectivity index (χ0v) is 11.3. The van der Waals surface area contributed by atoms with E-state index in [2.05, 4.69) is 6.92 Å². The van der Waals surface area contributed by atoms with Gasteiger partial charge >= 0.3 is 5.97 Å². The molecule has 0 radical (unpaired) electrons. The number of likely N-dealkylation sites (tertiary alicyclic amines) is 1. The predicted molar refractivity (Wildman–Crippen MR) is 68.1 cm³/mol. The second kappa shape index (κ2) is 4.90. The maximum atomic E-state index is 12.6. The molecule has 0 aromatic rings.